The number of rotatable bonds is 6. The molecule has 1 aliphatic rings. The number of anilines is 1. The first-order chi connectivity index (χ1) is 16.4. The Morgan fingerprint density at radius 3 is 2.26 bits per heavy atom. The quantitative estimate of drug-likeness (QED) is 0.608. The molecule has 0 saturated carbocycles. The molecule has 0 aliphatic carbocycles. The SMILES string of the molecule is Cc1cc(C)c(C)c(S(=O)(=O)N2CCC(C(=O)OC(C)C(=O)Nc3cccc(C#N)c3)CC2)c1C. The van der Waals surface area contributed by atoms with Crippen molar-refractivity contribution in [3.05, 3.63) is 58.1 Å². The Morgan fingerprint density at radius 1 is 1.09 bits per heavy atom. The number of ether oxygens (including phenoxy) is 1. The summed E-state index contributed by atoms with van der Waals surface area (Å²) < 4.78 is 33.7. The van der Waals surface area contributed by atoms with Gasteiger partial charge in [0.1, 0.15) is 0 Å². The molecule has 1 saturated heterocycles. The number of carbonyl (C=O) groups excluding carboxylic acids is 2. The summed E-state index contributed by atoms with van der Waals surface area (Å²) in [6, 6.07) is 10.4. The number of carbonyl (C=O) groups is 2. The van der Waals surface area contributed by atoms with Crippen LogP contribution < -0.4 is 5.32 Å². The second-order valence-corrected chi connectivity index (χ2v) is 10.9. The van der Waals surface area contributed by atoms with Crippen molar-refractivity contribution in [3.8, 4) is 6.07 Å². The predicted octanol–water partition coefficient (Wildman–Crippen LogP) is 3.76. The number of nitriles is 1. The summed E-state index contributed by atoms with van der Waals surface area (Å²) >= 11 is 0. The number of aryl methyl sites for hydroxylation is 2. The fourth-order valence-corrected chi connectivity index (χ4v) is 6.31. The number of piperidine rings is 1. The average molecular weight is 498 g/mol. The van der Waals surface area contributed by atoms with Crippen molar-refractivity contribution in [2.45, 2.75) is 58.5 Å². The van der Waals surface area contributed by atoms with Crippen LogP contribution in [0, 0.1) is 44.9 Å². The fraction of sp³-hybridized carbons (Fsp3) is 0.423. The average Bonchev–Trinajstić information content (AvgIpc) is 2.83. The lowest BCUT2D eigenvalue weighted by Gasteiger charge is -2.31. The molecular formula is C26H31N3O5S. The van der Waals surface area contributed by atoms with Gasteiger partial charge in [-0.05, 0) is 87.9 Å². The Balaban J connectivity index is 1.61. The van der Waals surface area contributed by atoms with E-state index in [1.54, 1.807) is 18.2 Å². The van der Waals surface area contributed by atoms with E-state index < -0.39 is 33.9 Å². The standard InChI is InChI=1S/C26H31N3O5S/c1-16-13-17(2)19(4)24(18(16)3)35(32,33)29-11-9-22(10-12-29)26(31)34-20(5)25(30)28-23-8-6-7-21(14-23)15-27/h6-8,13-14,20,22H,9-12H2,1-5H3,(H,28,30). The van der Waals surface area contributed by atoms with Crippen LogP contribution in [0.2, 0.25) is 0 Å². The van der Waals surface area contributed by atoms with Crippen LogP contribution in [-0.2, 0) is 24.3 Å². The summed E-state index contributed by atoms with van der Waals surface area (Å²) in [6.45, 7) is 9.34. The topological polar surface area (TPSA) is 117 Å². The zero-order valence-corrected chi connectivity index (χ0v) is 21.5. The molecule has 1 fully saturated rings. The lowest BCUT2D eigenvalue weighted by molar-refractivity contribution is -0.158. The van der Waals surface area contributed by atoms with E-state index in [0.717, 1.165) is 22.3 Å². The molecule has 186 valence electrons. The molecule has 35 heavy (non-hydrogen) atoms. The Morgan fingerprint density at radius 2 is 1.69 bits per heavy atom. The summed E-state index contributed by atoms with van der Waals surface area (Å²) in [6.07, 6.45) is -0.394. The molecule has 3 rings (SSSR count). The molecule has 2 aromatic carbocycles. The van der Waals surface area contributed by atoms with Crippen LogP contribution in [0.3, 0.4) is 0 Å². The van der Waals surface area contributed by atoms with Gasteiger partial charge >= 0.3 is 5.97 Å². The van der Waals surface area contributed by atoms with Gasteiger partial charge in [-0.2, -0.15) is 9.57 Å². The third-order valence-corrected chi connectivity index (χ3v) is 8.78. The minimum Gasteiger partial charge on any atom is -0.452 e. The minimum absolute atomic E-state index is 0.204. The molecule has 1 unspecified atom stereocenters. The van der Waals surface area contributed by atoms with Crippen molar-refractivity contribution >= 4 is 27.6 Å². The monoisotopic (exact) mass is 497 g/mol. The second-order valence-electron chi connectivity index (χ2n) is 9.03. The fourth-order valence-electron chi connectivity index (χ4n) is 4.26. The van der Waals surface area contributed by atoms with E-state index in [1.807, 2.05) is 39.8 Å². The van der Waals surface area contributed by atoms with E-state index in [-0.39, 0.29) is 13.1 Å². The first-order valence-corrected chi connectivity index (χ1v) is 13.0. The Bertz CT molecular complexity index is 1260. The van der Waals surface area contributed by atoms with Gasteiger partial charge in [0.15, 0.2) is 6.10 Å². The summed E-state index contributed by atoms with van der Waals surface area (Å²) in [4.78, 5) is 25.5. The molecule has 9 heteroatoms. The van der Waals surface area contributed by atoms with Crippen molar-refractivity contribution in [3.63, 3.8) is 0 Å². The van der Waals surface area contributed by atoms with Crippen molar-refractivity contribution < 1.29 is 22.7 Å². The van der Waals surface area contributed by atoms with E-state index in [9.17, 15) is 18.0 Å². The van der Waals surface area contributed by atoms with Gasteiger partial charge < -0.3 is 10.1 Å². The molecule has 1 N–H and O–H groups in total. The van der Waals surface area contributed by atoms with Crippen LogP contribution in [0.15, 0.2) is 35.2 Å². The van der Waals surface area contributed by atoms with Gasteiger partial charge in [0, 0.05) is 18.8 Å². The van der Waals surface area contributed by atoms with Crippen LogP contribution in [0.5, 0.6) is 0 Å². The maximum Gasteiger partial charge on any atom is 0.309 e. The first-order valence-electron chi connectivity index (χ1n) is 11.5. The molecule has 1 amide bonds. The van der Waals surface area contributed by atoms with E-state index >= 15 is 0 Å². The highest BCUT2D eigenvalue weighted by Gasteiger charge is 2.35. The number of hydrogen-bond acceptors (Lipinski definition) is 6. The molecule has 8 nitrogen and oxygen atoms in total. The van der Waals surface area contributed by atoms with E-state index in [4.69, 9.17) is 10.00 Å². The lowest BCUT2D eigenvalue weighted by Crippen LogP contribution is -2.42. The van der Waals surface area contributed by atoms with E-state index in [2.05, 4.69) is 5.32 Å². The van der Waals surface area contributed by atoms with Gasteiger partial charge in [-0.3, -0.25) is 9.59 Å². The minimum atomic E-state index is -3.70. The Hall–Kier alpha value is -3.22. The van der Waals surface area contributed by atoms with Crippen LogP contribution in [0.4, 0.5) is 5.69 Å². The summed E-state index contributed by atoms with van der Waals surface area (Å²) in [5.74, 6) is -1.51. The molecule has 0 bridgehead atoms. The number of sulfonamides is 1. The van der Waals surface area contributed by atoms with Crippen LogP contribution in [0.25, 0.3) is 0 Å². The lowest BCUT2D eigenvalue weighted by atomic mass is 9.98. The van der Waals surface area contributed by atoms with E-state index in [1.165, 1.54) is 17.3 Å². The highest BCUT2D eigenvalue weighted by atomic mass is 32.2. The number of esters is 1. The van der Waals surface area contributed by atoms with Crippen molar-refractivity contribution in [2.75, 3.05) is 18.4 Å². The van der Waals surface area contributed by atoms with Crippen LogP contribution >= 0.6 is 0 Å². The van der Waals surface area contributed by atoms with Gasteiger partial charge in [-0.15, -0.1) is 0 Å². The molecule has 0 spiro atoms. The van der Waals surface area contributed by atoms with Crippen molar-refractivity contribution in [1.29, 1.82) is 5.26 Å². The number of benzene rings is 2. The van der Waals surface area contributed by atoms with Crippen molar-refractivity contribution in [2.24, 2.45) is 5.92 Å². The first kappa shape index (κ1) is 26.4. The molecule has 0 aromatic heterocycles. The normalized spacial score (nSPS) is 15.8. The summed E-state index contributed by atoms with van der Waals surface area (Å²) in [5.41, 5.74) is 4.19. The van der Waals surface area contributed by atoms with Gasteiger partial charge in [-0.25, -0.2) is 8.42 Å². The third-order valence-electron chi connectivity index (χ3n) is 6.60. The molecular weight excluding hydrogens is 466 g/mol. The Kier molecular flexibility index (Phi) is 7.98. The highest BCUT2D eigenvalue weighted by Crippen LogP contribution is 2.31. The summed E-state index contributed by atoms with van der Waals surface area (Å²) in [7, 11) is -3.70. The number of amides is 1. The van der Waals surface area contributed by atoms with Gasteiger partial charge in [0.05, 0.1) is 22.4 Å². The largest absolute Gasteiger partial charge is 0.452 e. The van der Waals surface area contributed by atoms with Gasteiger partial charge in [-0.1, -0.05) is 12.1 Å². The predicted molar refractivity (Wildman–Crippen MR) is 132 cm³/mol. The maximum absolute atomic E-state index is 13.4. The zero-order chi connectivity index (χ0) is 25.9. The number of hydrogen-bond donors (Lipinski definition) is 1. The maximum atomic E-state index is 13.4. The Labute approximate surface area is 206 Å². The third kappa shape index (κ3) is 5.72. The molecule has 1 heterocycles. The summed E-state index contributed by atoms with van der Waals surface area (Å²) in [5, 5.41) is 11.6. The smallest absolute Gasteiger partial charge is 0.309 e. The zero-order valence-electron chi connectivity index (χ0n) is 20.7. The van der Waals surface area contributed by atoms with Crippen LogP contribution in [-0.4, -0.2) is 43.8 Å². The molecule has 0 radical (unpaired) electrons. The van der Waals surface area contributed by atoms with E-state index in [0.29, 0.717) is 29.0 Å². The molecule has 2 aromatic rings. The molecule has 1 atom stereocenters. The van der Waals surface area contributed by atoms with Gasteiger partial charge in [0.2, 0.25) is 10.0 Å². The van der Waals surface area contributed by atoms with Gasteiger partial charge in [0.25, 0.3) is 5.91 Å². The number of nitrogens with zero attached hydrogens (tertiary/aromatic N) is 2. The van der Waals surface area contributed by atoms with Crippen LogP contribution in [0.1, 0.15) is 47.6 Å². The van der Waals surface area contributed by atoms with Crippen molar-refractivity contribution in [1.82, 2.24) is 4.31 Å². The highest BCUT2D eigenvalue weighted by molar-refractivity contribution is 7.89. The molecule has 1 aliphatic heterocycles. The number of nitrogens with one attached hydrogen (secondary N) is 1. The second kappa shape index (κ2) is 10.6.